The molecule has 0 saturated carbocycles. The molecule has 4 heterocycles. The van der Waals surface area contributed by atoms with Crippen LogP contribution in [0, 0.1) is 25.2 Å². The summed E-state index contributed by atoms with van der Waals surface area (Å²) in [6.07, 6.45) is 3.73. The Morgan fingerprint density at radius 3 is 2.66 bits per heavy atom. The topological polar surface area (TPSA) is 78.1 Å². The molecule has 2 saturated heterocycles. The first-order valence-electron chi connectivity index (χ1n) is 10.6. The van der Waals surface area contributed by atoms with Gasteiger partial charge in [-0.3, -0.25) is 9.48 Å². The zero-order chi connectivity index (χ0) is 20.8. The standard InChI is InChI=1S/C21H32N6O2/c1-14(2)10-27-13-22-23-19(27)17-11-26(12-21(17)6-8-29-9-7-21)20(28)18-15(3)24-25(5)16(18)4/h13-14,17H,6-12H2,1-5H3. The maximum atomic E-state index is 13.5. The lowest BCUT2D eigenvalue weighted by Gasteiger charge is -2.37. The SMILES string of the molecule is Cc1nn(C)c(C)c1C(=O)N1CC(c2nncn2CC(C)C)C2(CCOCC2)C1. The molecule has 0 bridgehead atoms. The monoisotopic (exact) mass is 400 g/mol. The Balaban J connectivity index is 1.68. The number of ether oxygens (including phenoxy) is 1. The highest BCUT2D eigenvalue weighted by Gasteiger charge is 2.51. The van der Waals surface area contributed by atoms with E-state index in [0.717, 1.165) is 61.9 Å². The van der Waals surface area contributed by atoms with E-state index in [1.807, 2.05) is 32.1 Å². The van der Waals surface area contributed by atoms with Crippen molar-refractivity contribution < 1.29 is 9.53 Å². The Labute approximate surface area is 172 Å². The Morgan fingerprint density at radius 2 is 2.03 bits per heavy atom. The molecule has 1 spiro atoms. The first kappa shape index (κ1) is 20.1. The fourth-order valence-electron chi connectivity index (χ4n) is 5.07. The summed E-state index contributed by atoms with van der Waals surface area (Å²) < 4.78 is 9.65. The summed E-state index contributed by atoms with van der Waals surface area (Å²) in [6, 6.07) is 0. The highest BCUT2D eigenvalue weighted by atomic mass is 16.5. The normalized spacial score (nSPS) is 21.4. The second-order valence-electron chi connectivity index (χ2n) is 9.12. The zero-order valence-corrected chi connectivity index (χ0v) is 18.2. The van der Waals surface area contributed by atoms with Crippen LogP contribution in [0.25, 0.3) is 0 Å². The minimum atomic E-state index is -0.000306. The molecule has 1 unspecified atom stereocenters. The van der Waals surface area contributed by atoms with Crippen LogP contribution in [-0.2, 0) is 18.3 Å². The van der Waals surface area contributed by atoms with Crippen molar-refractivity contribution in [1.82, 2.24) is 29.4 Å². The van der Waals surface area contributed by atoms with Crippen LogP contribution in [0.2, 0.25) is 0 Å². The highest BCUT2D eigenvalue weighted by molar-refractivity contribution is 5.96. The van der Waals surface area contributed by atoms with Gasteiger partial charge in [0, 0.05) is 56.9 Å². The van der Waals surface area contributed by atoms with Gasteiger partial charge in [0.25, 0.3) is 5.91 Å². The van der Waals surface area contributed by atoms with Gasteiger partial charge in [0.15, 0.2) is 0 Å². The second kappa shape index (κ2) is 7.55. The average molecular weight is 401 g/mol. The quantitative estimate of drug-likeness (QED) is 0.787. The van der Waals surface area contributed by atoms with E-state index in [2.05, 4.69) is 33.7 Å². The minimum absolute atomic E-state index is 0.000306. The molecule has 0 radical (unpaired) electrons. The second-order valence-corrected chi connectivity index (χ2v) is 9.12. The third-order valence-electron chi connectivity index (χ3n) is 6.67. The van der Waals surface area contributed by atoms with Crippen molar-refractivity contribution in [2.24, 2.45) is 18.4 Å². The number of amides is 1. The van der Waals surface area contributed by atoms with Crippen molar-refractivity contribution in [1.29, 1.82) is 0 Å². The molecule has 158 valence electrons. The van der Waals surface area contributed by atoms with Gasteiger partial charge >= 0.3 is 0 Å². The fourth-order valence-corrected chi connectivity index (χ4v) is 5.07. The number of carbonyl (C=O) groups is 1. The van der Waals surface area contributed by atoms with Gasteiger partial charge in [0.1, 0.15) is 12.2 Å². The third-order valence-corrected chi connectivity index (χ3v) is 6.67. The number of likely N-dealkylation sites (tertiary alicyclic amines) is 1. The summed E-state index contributed by atoms with van der Waals surface area (Å²) in [6.45, 7) is 12.1. The minimum Gasteiger partial charge on any atom is -0.381 e. The van der Waals surface area contributed by atoms with Crippen LogP contribution in [0.5, 0.6) is 0 Å². The van der Waals surface area contributed by atoms with Crippen molar-refractivity contribution in [2.45, 2.75) is 53.0 Å². The van der Waals surface area contributed by atoms with Crippen molar-refractivity contribution in [3.8, 4) is 0 Å². The zero-order valence-electron chi connectivity index (χ0n) is 18.2. The van der Waals surface area contributed by atoms with Gasteiger partial charge in [-0.1, -0.05) is 13.8 Å². The van der Waals surface area contributed by atoms with E-state index in [0.29, 0.717) is 12.5 Å². The summed E-state index contributed by atoms with van der Waals surface area (Å²) in [5.41, 5.74) is 2.45. The van der Waals surface area contributed by atoms with Gasteiger partial charge in [-0.25, -0.2) is 0 Å². The lowest BCUT2D eigenvalue weighted by Crippen LogP contribution is -2.38. The Hall–Kier alpha value is -2.22. The summed E-state index contributed by atoms with van der Waals surface area (Å²) in [4.78, 5) is 15.5. The smallest absolute Gasteiger partial charge is 0.257 e. The molecular weight excluding hydrogens is 368 g/mol. The molecular formula is C21H32N6O2. The summed E-state index contributed by atoms with van der Waals surface area (Å²) in [5.74, 6) is 1.77. The number of rotatable bonds is 4. The summed E-state index contributed by atoms with van der Waals surface area (Å²) >= 11 is 0. The summed E-state index contributed by atoms with van der Waals surface area (Å²) in [5, 5.41) is 13.2. The van der Waals surface area contributed by atoms with Crippen LogP contribution in [0.15, 0.2) is 6.33 Å². The number of hydrogen-bond acceptors (Lipinski definition) is 5. The third kappa shape index (κ3) is 3.47. The molecule has 2 aromatic rings. The van der Waals surface area contributed by atoms with E-state index in [1.165, 1.54) is 0 Å². The van der Waals surface area contributed by atoms with Gasteiger partial charge < -0.3 is 14.2 Å². The van der Waals surface area contributed by atoms with Crippen molar-refractivity contribution in [3.63, 3.8) is 0 Å². The predicted molar refractivity (Wildman–Crippen MR) is 109 cm³/mol. The van der Waals surface area contributed by atoms with E-state index in [-0.39, 0.29) is 17.2 Å². The molecule has 0 aromatic carbocycles. The molecule has 0 N–H and O–H groups in total. The van der Waals surface area contributed by atoms with Gasteiger partial charge in [0.05, 0.1) is 11.3 Å². The average Bonchev–Trinajstić information content (AvgIpc) is 3.32. The maximum absolute atomic E-state index is 13.5. The maximum Gasteiger partial charge on any atom is 0.257 e. The molecule has 2 aromatic heterocycles. The van der Waals surface area contributed by atoms with Crippen LogP contribution >= 0.6 is 0 Å². The summed E-state index contributed by atoms with van der Waals surface area (Å²) in [7, 11) is 1.89. The molecule has 8 heteroatoms. The van der Waals surface area contributed by atoms with Crippen molar-refractivity contribution in [2.75, 3.05) is 26.3 Å². The number of aryl methyl sites for hydroxylation is 2. The molecule has 29 heavy (non-hydrogen) atoms. The molecule has 2 aliphatic heterocycles. The van der Waals surface area contributed by atoms with Crippen LogP contribution in [-0.4, -0.2) is 61.7 Å². The fraction of sp³-hybridized carbons (Fsp3) is 0.714. The van der Waals surface area contributed by atoms with E-state index in [4.69, 9.17) is 4.74 Å². The molecule has 1 amide bonds. The van der Waals surface area contributed by atoms with E-state index < -0.39 is 0 Å². The van der Waals surface area contributed by atoms with Gasteiger partial charge in [-0.15, -0.1) is 10.2 Å². The molecule has 2 aliphatic rings. The van der Waals surface area contributed by atoms with Crippen molar-refractivity contribution >= 4 is 5.91 Å². The first-order valence-corrected chi connectivity index (χ1v) is 10.6. The number of carbonyl (C=O) groups excluding carboxylic acids is 1. The molecule has 0 aliphatic carbocycles. The van der Waals surface area contributed by atoms with Crippen LogP contribution in [0.4, 0.5) is 0 Å². The van der Waals surface area contributed by atoms with E-state index >= 15 is 0 Å². The molecule has 8 nitrogen and oxygen atoms in total. The van der Waals surface area contributed by atoms with Crippen LogP contribution < -0.4 is 0 Å². The van der Waals surface area contributed by atoms with Gasteiger partial charge in [-0.05, 0) is 32.6 Å². The Bertz CT molecular complexity index is 893. The number of nitrogens with zero attached hydrogens (tertiary/aromatic N) is 6. The highest BCUT2D eigenvalue weighted by Crippen LogP contribution is 2.49. The number of hydrogen-bond donors (Lipinski definition) is 0. The molecule has 2 fully saturated rings. The van der Waals surface area contributed by atoms with E-state index in [9.17, 15) is 4.79 Å². The Morgan fingerprint density at radius 1 is 1.31 bits per heavy atom. The van der Waals surface area contributed by atoms with Gasteiger partial charge in [0.2, 0.25) is 0 Å². The van der Waals surface area contributed by atoms with Gasteiger partial charge in [-0.2, -0.15) is 5.10 Å². The predicted octanol–water partition coefficient (Wildman–Crippen LogP) is 2.32. The van der Waals surface area contributed by atoms with E-state index in [1.54, 1.807) is 4.68 Å². The largest absolute Gasteiger partial charge is 0.381 e. The molecule has 1 atom stereocenters. The van der Waals surface area contributed by atoms with Crippen molar-refractivity contribution in [3.05, 3.63) is 29.1 Å². The molecule has 4 rings (SSSR count). The first-order chi connectivity index (χ1) is 13.8. The lowest BCUT2D eigenvalue weighted by molar-refractivity contribution is 0.0106. The lowest BCUT2D eigenvalue weighted by atomic mass is 9.71. The van der Waals surface area contributed by atoms with Crippen LogP contribution in [0.1, 0.15) is 60.2 Å². The number of aromatic nitrogens is 5. The Kier molecular flexibility index (Phi) is 5.23. The van der Waals surface area contributed by atoms with Crippen LogP contribution in [0.3, 0.4) is 0 Å².